The largest absolute Gasteiger partial charge is 0.510 e. The van der Waals surface area contributed by atoms with Gasteiger partial charge in [-0.25, -0.2) is 4.79 Å². The van der Waals surface area contributed by atoms with Crippen LogP contribution in [-0.2, 0) is 20.7 Å². The van der Waals surface area contributed by atoms with Crippen LogP contribution in [0, 0.1) is 0 Å². The highest BCUT2D eigenvalue weighted by Crippen LogP contribution is 2.29. The third kappa shape index (κ3) is 7.50. The van der Waals surface area contributed by atoms with Crippen LogP contribution in [-0.4, -0.2) is 74.1 Å². The van der Waals surface area contributed by atoms with E-state index in [1.54, 1.807) is 0 Å². The maximum Gasteiger partial charge on any atom is 0.510 e. The molecular weight excluding hydrogens is 532 g/mol. The zero-order valence-electron chi connectivity index (χ0n) is 24.8. The van der Waals surface area contributed by atoms with Gasteiger partial charge in [0.15, 0.2) is 6.73 Å². The van der Waals surface area contributed by atoms with E-state index in [1.165, 1.54) is 21.4 Å². The monoisotopic (exact) mass is 574 g/mol. The molecule has 1 unspecified atom stereocenters. The standard InChI is InChI=1S/C33H42N4O5/c1-3-9-25(2)42-33(39)41-24-37-31(38)17-15-27-14-16-30(34-32(27)37)40-23-7-6-18-35-19-21-36(22-20-35)29-13-8-11-26-10-4-5-12-28(26)29/h4-5,8,10-14,16,25H,3,6-7,9,15,17-24H2,1-2H3. The summed E-state index contributed by atoms with van der Waals surface area (Å²) in [6, 6.07) is 18.9. The van der Waals surface area contributed by atoms with Gasteiger partial charge in [-0.05, 0) is 62.2 Å². The minimum Gasteiger partial charge on any atom is -0.478 e. The number of carbonyl (C=O) groups is 2. The van der Waals surface area contributed by atoms with Gasteiger partial charge < -0.3 is 19.1 Å². The molecule has 1 fully saturated rings. The molecule has 2 aliphatic rings. The molecule has 3 heterocycles. The number of hydrogen-bond acceptors (Lipinski definition) is 8. The Bertz CT molecular complexity index is 1350. The summed E-state index contributed by atoms with van der Waals surface area (Å²) in [7, 11) is 0. The summed E-state index contributed by atoms with van der Waals surface area (Å²) in [5.74, 6) is 0.820. The number of amides is 1. The predicted octanol–water partition coefficient (Wildman–Crippen LogP) is 5.79. The summed E-state index contributed by atoms with van der Waals surface area (Å²) in [6.07, 6.45) is 3.54. The van der Waals surface area contributed by atoms with Crippen molar-refractivity contribution >= 4 is 34.3 Å². The molecule has 2 aliphatic heterocycles. The Balaban J connectivity index is 1.05. The molecule has 2 aromatic carbocycles. The number of aromatic nitrogens is 1. The Labute approximate surface area is 248 Å². The van der Waals surface area contributed by atoms with Crippen molar-refractivity contribution in [3.05, 3.63) is 60.2 Å². The van der Waals surface area contributed by atoms with Gasteiger partial charge in [0.25, 0.3) is 0 Å². The second-order valence-electron chi connectivity index (χ2n) is 11.1. The number of nitrogens with zero attached hydrogens (tertiary/aromatic N) is 4. The van der Waals surface area contributed by atoms with Gasteiger partial charge in [-0.1, -0.05) is 49.7 Å². The summed E-state index contributed by atoms with van der Waals surface area (Å²) in [5, 5.41) is 2.61. The van der Waals surface area contributed by atoms with Crippen molar-refractivity contribution in [1.82, 2.24) is 9.88 Å². The second-order valence-corrected chi connectivity index (χ2v) is 11.1. The Morgan fingerprint density at radius 3 is 2.62 bits per heavy atom. The molecule has 1 saturated heterocycles. The lowest BCUT2D eigenvalue weighted by molar-refractivity contribution is -0.119. The lowest BCUT2D eigenvalue weighted by Crippen LogP contribution is -2.46. The highest BCUT2D eigenvalue weighted by atomic mass is 16.7. The van der Waals surface area contributed by atoms with Crippen molar-refractivity contribution in [3.63, 3.8) is 0 Å². The second kappa shape index (κ2) is 14.4. The number of anilines is 2. The normalized spacial score (nSPS) is 16.3. The Morgan fingerprint density at radius 1 is 0.976 bits per heavy atom. The maximum atomic E-state index is 12.6. The number of fused-ring (bicyclic) bond motifs is 2. The molecule has 0 saturated carbocycles. The van der Waals surface area contributed by atoms with Crippen molar-refractivity contribution in [3.8, 4) is 5.88 Å². The zero-order valence-corrected chi connectivity index (χ0v) is 24.8. The van der Waals surface area contributed by atoms with Gasteiger partial charge in [0.1, 0.15) is 11.9 Å². The summed E-state index contributed by atoms with van der Waals surface area (Å²) < 4.78 is 16.4. The molecule has 1 aromatic heterocycles. The molecule has 3 aromatic rings. The van der Waals surface area contributed by atoms with E-state index in [4.69, 9.17) is 14.2 Å². The summed E-state index contributed by atoms with van der Waals surface area (Å²) in [6.45, 7) is 9.36. The minimum atomic E-state index is -0.779. The number of benzene rings is 2. The number of piperazine rings is 1. The van der Waals surface area contributed by atoms with Crippen molar-refractivity contribution in [2.24, 2.45) is 0 Å². The molecule has 0 N–H and O–H groups in total. The van der Waals surface area contributed by atoms with Gasteiger partial charge in [-0.3, -0.25) is 14.6 Å². The smallest absolute Gasteiger partial charge is 0.478 e. The maximum absolute atomic E-state index is 12.6. The summed E-state index contributed by atoms with van der Waals surface area (Å²) in [5.41, 5.74) is 2.26. The molecular formula is C33H42N4O5. The van der Waals surface area contributed by atoms with Gasteiger partial charge in [-0.2, -0.15) is 4.98 Å². The van der Waals surface area contributed by atoms with E-state index in [-0.39, 0.29) is 18.7 Å². The predicted molar refractivity (Wildman–Crippen MR) is 164 cm³/mol. The quantitative estimate of drug-likeness (QED) is 0.198. The van der Waals surface area contributed by atoms with Crippen molar-refractivity contribution < 1.29 is 23.8 Å². The van der Waals surface area contributed by atoms with Crippen LogP contribution in [0.5, 0.6) is 5.88 Å². The molecule has 42 heavy (non-hydrogen) atoms. The van der Waals surface area contributed by atoms with E-state index < -0.39 is 6.16 Å². The molecule has 0 radical (unpaired) electrons. The molecule has 9 nitrogen and oxygen atoms in total. The first kappa shape index (κ1) is 29.6. The highest BCUT2D eigenvalue weighted by molar-refractivity contribution is 5.95. The Hall–Kier alpha value is -3.85. The number of hydrogen-bond donors (Lipinski definition) is 0. The molecule has 9 heteroatoms. The number of pyridine rings is 1. The third-order valence-corrected chi connectivity index (χ3v) is 8.00. The third-order valence-electron chi connectivity index (χ3n) is 8.00. The highest BCUT2D eigenvalue weighted by Gasteiger charge is 2.28. The minimum absolute atomic E-state index is 0.137. The topological polar surface area (TPSA) is 84.4 Å². The van der Waals surface area contributed by atoms with Gasteiger partial charge in [-0.15, -0.1) is 0 Å². The number of ether oxygens (including phenoxy) is 3. The van der Waals surface area contributed by atoms with Crippen LogP contribution in [0.1, 0.15) is 51.5 Å². The lowest BCUT2D eigenvalue weighted by atomic mass is 10.1. The first-order valence-electron chi connectivity index (χ1n) is 15.2. The average Bonchev–Trinajstić information content (AvgIpc) is 3.00. The molecule has 1 amide bonds. The first-order valence-corrected chi connectivity index (χ1v) is 15.2. The van der Waals surface area contributed by atoms with E-state index in [1.807, 2.05) is 26.0 Å². The van der Waals surface area contributed by atoms with E-state index >= 15 is 0 Å². The van der Waals surface area contributed by atoms with Gasteiger partial charge >= 0.3 is 6.16 Å². The number of carbonyl (C=O) groups excluding carboxylic acids is 2. The van der Waals surface area contributed by atoms with E-state index in [0.717, 1.165) is 64.0 Å². The molecule has 224 valence electrons. The fraction of sp³-hybridized carbons (Fsp3) is 0.485. The number of aryl methyl sites for hydroxylation is 1. The summed E-state index contributed by atoms with van der Waals surface area (Å²) >= 11 is 0. The van der Waals surface area contributed by atoms with Crippen LogP contribution in [0.4, 0.5) is 16.3 Å². The Kier molecular flexibility index (Phi) is 10.1. The molecule has 0 bridgehead atoms. The average molecular weight is 575 g/mol. The fourth-order valence-corrected chi connectivity index (χ4v) is 5.69. The van der Waals surface area contributed by atoms with Gasteiger partial charge in [0.2, 0.25) is 11.8 Å². The SMILES string of the molecule is CCCC(C)OC(=O)OCN1C(=O)CCc2ccc(OCCCCN3CCN(c4cccc5ccccc45)CC3)nc21. The Morgan fingerprint density at radius 2 is 1.79 bits per heavy atom. The van der Waals surface area contributed by atoms with Crippen LogP contribution < -0.4 is 14.5 Å². The van der Waals surface area contributed by atoms with E-state index in [9.17, 15) is 9.59 Å². The fourth-order valence-electron chi connectivity index (χ4n) is 5.69. The van der Waals surface area contributed by atoms with Crippen molar-refractivity contribution in [1.29, 1.82) is 0 Å². The first-order chi connectivity index (χ1) is 20.5. The van der Waals surface area contributed by atoms with Gasteiger partial charge in [0, 0.05) is 49.7 Å². The molecule has 0 spiro atoms. The van der Waals surface area contributed by atoms with Crippen LogP contribution in [0.3, 0.4) is 0 Å². The van der Waals surface area contributed by atoms with Crippen molar-refractivity contribution in [2.45, 2.75) is 58.5 Å². The zero-order chi connectivity index (χ0) is 29.3. The molecule has 5 rings (SSSR count). The number of unbranched alkanes of at least 4 members (excludes halogenated alkanes) is 1. The van der Waals surface area contributed by atoms with Gasteiger partial charge in [0.05, 0.1) is 6.61 Å². The number of rotatable bonds is 12. The molecule has 0 aliphatic carbocycles. The molecule has 1 atom stereocenters. The van der Waals surface area contributed by atoms with Crippen LogP contribution in [0.15, 0.2) is 54.6 Å². The van der Waals surface area contributed by atoms with Crippen LogP contribution >= 0.6 is 0 Å². The van der Waals surface area contributed by atoms with Crippen LogP contribution in [0.2, 0.25) is 0 Å². The van der Waals surface area contributed by atoms with E-state index in [0.29, 0.717) is 31.1 Å². The van der Waals surface area contributed by atoms with Crippen molar-refractivity contribution in [2.75, 3.05) is 55.9 Å². The van der Waals surface area contributed by atoms with Crippen LogP contribution in [0.25, 0.3) is 10.8 Å². The summed E-state index contributed by atoms with van der Waals surface area (Å²) in [4.78, 5) is 35.7. The van der Waals surface area contributed by atoms with E-state index in [2.05, 4.69) is 57.2 Å². The lowest BCUT2D eigenvalue weighted by Gasteiger charge is -2.36.